The summed E-state index contributed by atoms with van der Waals surface area (Å²) >= 11 is 7.28. The molecule has 2 aromatic carbocycles. The van der Waals surface area contributed by atoms with Gasteiger partial charge in [0.25, 0.3) is 5.91 Å². The first kappa shape index (κ1) is 18.2. The smallest absolute Gasteiger partial charge is 0.280 e. The summed E-state index contributed by atoms with van der Waals surface area (Å²) < 4.78 is 11.4. The third kappa shape index (κ3) is 3.76. The fourth-order valence-electron chi connectivity index (χ4n) is 2.49. The number of hydrogen-bond donors (Lipinski definition) is 0. The molecule has 0 unspecified atom stereocenters. The maximum atomic E-state index is 13.1. The SMILES string of the molecule is COc1ccc2nc(N(/N=C/c3ccco3)C(=O)c3ccc(Cl)cc3)sc2c1. The number of rotatable bonds is 5. The minimum absolute atomic E-state index is 0.328. The van der Waals surface area contributed by atoms with Crippen LogP contribution in [-0.4, -0.2) is 24.2 Å². The summed E-state index contributed by atoms with van der Waals surface area (Å²) in [4.78, 5) is 17.6. The number of halogens is 1. The molecule has 0 saturated heterocycles. The van der Waals surface area contributed by atoms with Gasteiger partial charge in [-0.25, -0.2) is 4.98 Å². The number of carbonyl (C=O) groups is 1. The summed E-state index contributed by atoms with van der Waals surface area (Å²) in [6.45, 7) is 0. The van der Waals surface area contributed by atoms with Gasteiger partial charge in [0.05, 0.1) is 29.8 Å². The van der Waals surface area contributed by atoms with E-state index in [1.165, 1.54) is 28.8 Å². The van der Waals surface area contributed by atoms with Crippen molar-refractivity contribution in [2.75, 3.05) is 12.1 Å². The van der Waals surface area contributed by atoms with E-state index in [1.807, 2.05) is 18.2 Å². The second kappa shape index (κ2) is 7.84. The maximum absolute atomic E-state index is 13.1. The number of ether oxygens (including phenoxy) is 1. The fraction of sp³-hybridized carbons (Fsp3) is 0.0500. The molecule has 28 heavy (non-hydrogen) atoms. The Morgan fingerprint density at radius 3 is 2.79 bits per heavy atom. The van der Waals surface area contributed by atoms with Gasteiger partial charge >= 0.3 is 0 Å². The number of hydrogen-bond acceptors (Lipinski definition) is 6. The zero-order valence-corrected chi connectivity index (χ0v) is 16.3. The lowest BCUT2D eigenvalue weighted by molar-refractivity contribution is 0.0988. The lowest BCUT2D eigenvalue weighted by Crippen LogP contribution is -2.25. The van der Waals surface area contributed by atoms with Gasteiger partial charge in [0.2, 0.25) is 5.13 Å². The average molecular weight is 412 g/mol. The van der Waals surface area contributed by atoms with Gasteiger partial charge in [-0.2, -0.15) is 10.1 Å². The molecule has 0 N–H and O–H groups in total. The Morgan fingerprint density at radius 1 is 1.25 bits per heavy atom. The molecule has 140 valence electrons. The van der Waals surface area contributed by atoms with Gasteiger partial charge in [-0.15, -0.1) is 0 Å². The summed E-state index contributed by atoms with van der Waals surface area (Å²) in [5, 5.41) is 6.56. The minimum atomic E-state index is -0.328. The Bertz CT molecular complexity index is 1140. The minimum Gasteiger partial charge on any atom is -0.497 e. The lowest BCUT2D eigenvalue weighted by Gasteiger charge is -2.13. The van der Waals surface area contributed by atoms with Crippen LogP contribution in [0.4, 0.5) is 5.13 Å². The molecule has 2 heterocycles. The first-order chi connectivity index (χ1) is 13.6. The van der Waals surface area contributed by atoms with Gasteiger partial charge in [-0.05, 0) is 54.6 Å². The number of thiazole rings is 1. The van der Waals surface area contributed by atoms with E-state index < -0.39 is 0 Å². The molecule has 0 radical (unpaired) electrons. The number of furan rings is 1. The van der Waals surface area contributed by atoms with Crippen LogP contribution in [0.2, 0.25) is 5.02 Å². The Hall–Kier alpha value is -3.16. The summed E-state index contributed by atoms with van der Waals surface area (Å²) in [6, 6.07) is 15.6. The third-order valence-corrected chi connectivity index (χ3v) is 5.14. The Kier molecular flexibility index (Phi) is 5.10. The van der Waals surface area contributed by atoms with Gasteiger partial charge in [0.1, 0.15) is 11.5 Å². The standard InChI is InChI=1S/C20H14ClN3O3S/c1-26-15-8-9-17-18(11-15)28-20(23-17)24(22-12-16-3-2-10-27-16)19(25)13-4-6-14(21)7-5-13/h2-12H,1H3/b22-12+. The van der Waals surface area contributed by atoms with Gasteiger partial charge < -0.3 is 9.15 Å². The predicted octanol–water partition coefficient (Wildman–Crippen LogP) is 5.23. The molecule has 4 aromatic rings. The van der Waals surface area contributed by atoms with Gasteiger partial charge in [-0.1, -0.05) is 22.9 Å². The number of amides is 1. The van der Waals surface area contributed by atoms with Gasteiger partial charge in [0, 0.05) is 10.6 Å². The zero-order chi connectivity index (χ0) is 19.5. The molecule has 2 aromatic heterocycles. The van der Waals surface area contributed by atoms with E-state index in [0.29, 0.717) is 21.5 Å². The first-order valence-corrected chi connectivity index (χ1v) is 9.45. The quantitative estimate of drug-likeness (QED) is 0.333. The van der Waals surface area contributed by atoms with Crippen molar-refractivity contribution >= 4 is 50.4 Å². The number of nitrogens with zero attached hydrogens (tertiary/aromatic N) is 3. The molecule has 6 nitrogen and oxygen atoms in total. The van der Waals surface area contributed by atoms with Crippen molar-refractivity contribution in [3.05, 3.63) is 77.2 Å². The highest BCUT2D eigenvalue weighted by Gasteiger charge is 2.21. The molecular formula is C20H14ClN3O3S. The second-order valence-corrected chi connectivity index (χ2v) is 7.16. The van der Waals surface area contributed by atoms with Crippen LogP contribution in [0.1, 0.15) is 16.1 Å². The van der Waals surface area contributed by atoms with Gasteiger partial charge in [-0.3, -0.25) is 4.79 Å². The van der Waals surface area contributed by atoms with Gasteiger partial charge in [0.15, 0.2) is 0 Å². The van der Waals surface area contributed by atoms with Crippen molar-refractivity contribution in [2.45, 2.75) is 0 Å². The molecule has 1 amide bonds. The second-order valence-electron chi connectivity index (χ2n) is 5.71. The summed E-state index contributed by atoms with van der Waals surface area (Å²) in [7, 11) is 1.60. The van der Waals surface area contributed by atoms with Crippen LogP contribution in [0.15, 0.2) is 70.4 Å². The van der Waals surface area contributed by atoms with E-state index in [0.717, 1.165) is 16.0 Å². The van der Waals surface area contributed by atoms with Crippen LogP contribution < -0.4 is 9.75 Å². The highest BCUT2D eigenvalue weighted by molar-refractivity contribution is 7.22. The molecule has 0 bridgehead atoms. The maximum Gasteiger partial charge on any atom is 0.280 e. The van der Waals surface area contributed by atoms with Crippen molar-refractivity contribution in [1.82, 2.24) is 4.98 Å². The molecule has 0 aliphatic carbocycles. The monoisotopic (exact) mass is 411 g/mol. The molecule has 8 heteroatoms. The van der Waals surface area contributed by atoms with Crippen LogP contribution in [0, 0.1) is 0 Å². The predicted molar refractivity (Wildman–Crippen MR) is 111 cm³/mol. The van der Waals surface area contributed by atoms with Crippen LogP contribution in [0.25, 0.3) is 10.2 Å². The van der Waals surface area contributed by atoms with Crippen molar-refractivity contribution in [2.24, 2.45) is 5.10 Å². The summed E-state index contributed by atoms with van der Waals surface area (Å²) in [5.74, 6) is 0.916. The zero-order valence-electron chi connectivity index (χ0n) is 14.7. The largest absolute Gasteiger partial charge is 0.497 e. The normalized spacial score (nSPS) is 11.2. The third-order valence-electron chi connectivity index (χ3n) is 3.89. The number of benzene rings is 2. The van der Waals surface area contributed by atoms with E-state index in [9.17, 15) is 4.79 Å². The molecule has 0 aliphatic rings. The number of aromatic nitrogens is 1. The van der Waals surface area contributed by atoms with Crippen LogP contribution in [-0.2, 0) is 0 Å². The first-order valence-electron chi connectivity index (χ1n) is 8.26. The average Bonchev–Trinajstić information content (AvgIpc) is 3.37. The van der Waals surface area contributed by atoms with Crippen LogP contribution in [0.5, 0.6) is 5.75 Å². The van der Waals surface area contributed by atoms with E-state index in [-0.39, 0.29) is 5.91 Å². The molecular weight excluding hydrogens is 398 g/mol. The topological polar surface area (TPSA) is 67.9 Å². The Balaban J connectivity index is 1.75. The van der Waals surface area contributed by atoms with E-state index >= 15 is 0 Å². The summed E-state index contributed by atoms with van der Waals surface area (Å²) in [5.41, 5.74) is 1.20. The molecule has 0 spiro atoms. The van der Waals surface area contributed by atoms with Crippen molar-refractivity contribution in [3.63, 3.8) is 0 Å². The van der Waals surface area contributed by atoms with Crippen molar-refractivity contribution < 1.29 is 13.9 Å². The van der Waals surface area contributed by atoms with Crippen molar-refractivity contribution in [1.29, 1.82) is 0 Å². The number of carbonyl (C=O) groups excluding carboxylic acids is 1. The highest BCUT2D eigenvalue weighted by atomic mass is 35.5. The molecule has 0 fully saturated rings. The van der Waals surface area contributed by atoms with E-state index in [4.69, 9.17) is 20.8 Å². The molecule has 4 rings (SSSR count). The van der Waals surface area contributed by atoms with Crippen LogP contribution >= 0.6 is 22.9 Å². The van der Waals surface area contributed by atoms with Crippen LogP contribution in [0.3, 0.4) is 0 Å². The fourth-order valence-corrected chi connectivity index (χ4v) is 3.57. The lowest BCUT2D eigenvalue weighted by atomic mass is 10.2. The molecule has 0 atom stereocenters. The Labute approximate surface area is 169 Å². The Morgan fingerprint density at radius 2 is 2.07 bits per heavy atom. The molecule has 0 aliphatic heterocycles. The van der Waals surface area contributed by atoms with Crippen molar-refractivity contribution in [3.8, 4) is 5.75 Å². The number of methoxy groups -OCH3 is 1. The van der Waals surface area contributed by atoms with E-state index in [1.54, 1.807) is 43.5 Å². The molecule has 0 saturated carbocycles. The van der Waals surface area contributed by atoms with E-state index in [2.05, 4.69) is 10.1 Å². The number of anilines is 1. The summed E-state index contributed by atoms with van der Waals surface area (Å²) in [6.07, 6.45) is 3.01. The number of hydrazone groups is 1. The number of fused-ring (bicyclic) bond motifs is 1. The highest BCUT2D eigenvalue weighted by Crippen LogP contribution is 2.32.